The van der Waals surface area contributed by atoms with E-state index in [1.165, 1.54) is 0 Å². The van der Waals surface area contributed by atoms with Crippen molar-refractivity contribution in [1.82, 2.24) is 19.9 Å². The quantitative estimate of drug-likeness (QED) is 0.358. The van der Waals surface area contributed by atoms with Gasteiger partial charge in [0, 0.05) is 34.6 Å². The molecule has 4 heteroatoms. The zero-order valence-electron chi connectivity index (χ0n) is 17.1. The number of rotatable bonds is 4. The number of nitrogens with zero attached hydrogens (tertiary/aromatic N) is 4. The van der Waals surface area contributed by atoms with Gasteiger partial charge in [0.1, 0.15) is 0 Å². The Hall–Kier alpha value is -4.18. The van der Waals surface area contributed by atoms with Gasteiger partial charge in [-0.15, -0.1) is 0 Å². The van der Waals surface area contributed by atoms with Crippen molar-refractivity contribution in [1.29, 1.82) is 0 Å². The van der Waals surface area contributed by atoms with E-state index in [1.807, 2.05) is 72.9 Å². The molecule has 0 radical (unpaired) electrons. The zero-order chi connectivity index (χ0) is 21.0. The van der Waals surface area contributed by atoms with Gasteiger partial charge in [0.15, 0.2) is 17.5 Å². The van der Waals surface area contributed by atoms with Gasteiger partial charge in [-0.1, -0.05) is 72.8 Å². The minimum Gasteiger partial charge on any atom is -0.264 e. The number of aryl methyl sites for hydroxylation is 1. The molecule has 2 aromatic heterocycles. The SMILES string of the molecule is Cc1cc(-c2cccnc2)cc(-c2nc(-c3ccccc3)nc(-c3ccccc3)n2)c1. The van der Waals surface area contributed by atoms with Crippen LogP contribution in [0.15, 0.2) is 103 Å². The molecule has 31 heavy (non-hydrogen) atoms. The van der Waals surface area contributed by atoms with E-state index in [4.69, 9.17) is 15.0 Å². The summed E-state index contributed by atoms with van der Waals surface area (Å²) in [7, 11) is 0. The summed E-state index contributed by atoms with van der Waals surface area (Å²) in [6, 6.07) is 30.4. The van der Waals surface area contributed by atoms with Crippen LogP contribution in [-0.2, 0) is 0 Å². The fourth-order valence-electron chi connectivity index (χ4n) is 3.55. The Morgan fingerprint density at radius 1 is 0.484 bits per heavy atom. The third-order valence-corrected chi connectivity index (χ3v) is 5.03. The van der Waals surface area contributed by atoms with Crippen molar-refractivity contribution < 1.29 is 0 Å². The molecular weight excluding hydrogens is 380 g/mol. The molecule has 148 valence electrons. The van der Waals surface area contributed by atoms with Crippen molar-refractivity contribution in [2.24, 2.45) is 0 Å². The van der Waals surface area contributed by atoms with E-state index in [1.54, 1.807) is 6.20 Å². The van der Waals surface area contributed by atoms with E-state index in [0.717, 1.165) is 33.4 Å². The Labute approximate surface area is 181 Å². The van der Waals surface area contributed by atoms with Crippen LogP contribution in [0.25, 0.3) is 45.3 Å². The maximum absolute atomic E-state index is 4.84. The third kappa shape index (κ3) is 4.09. The van der Waals surface area contributed by atoms with Gasteiger partial charge >= 0.3 is 0 Å². The van der Waals surface area contributed by atoms with E-state index in [-0.39, 0.29) is 0 Å². The van der Waals surface area contributed by atoms with Gasteiger partial charge in [0.05, 0.1) is 0 Å². The molecule has 0 aliphatic rings. The second-order valence-electron chi connectivity index (χ2n) is 7.37. The van der Waals surface area contributed by atoms with Gasteiger partial charge in [-0.3, -0.25) is 4.98 Å². The smallest absolute Gasteiger partial charge is 0.164 e. The summed E-state index contributed by atoms with van der Waals surface area (Å²) >= 11 is 0. The van der Waals surface area contributed by atoms with Crippen LogP contribution in [0.1, 0.15) is 5.56 Å². The topological polar surface area (TPSA) is 51.6 Å². The Morgan fingerprint density at radius 3 is 1.55 bits per heavy atom. The highest BCUT2D eigenvalue weighted by atomic mass is 15.0. The van der Waals surface area contributed by atoms with Crippen LogP contribution >= 0.6 is 0 Å². The Bertz CT molecular complexity index is 1260. The lowest BCUT2D eigenvalue weighted by Gasteiger charge is -2.10. The first-order chi connectivity index (χ1) is 15.3. The molecular formula is C27H20N4. The van der Waals surface area contributed by atoms with Crippen molar-refractivity contribution in [3.63, 3.8) is 0 Å². The number of pyridine rings is 1. The van der Waals surface area contributed by atoms with Crippen LogP contribution in [0.4, 0.5) is 0 Å². The fourth-order valence-corrected chi connectivity index (χ4v) is 3.55. The molecule has 0 amide bonds. The van der Waals surface area contributed by atoms with Crippen molar-refractivity contribution in [2.75, 3.05) is 0 Å². The number of benzene rings is 3. The van der Waals surface area contributed by atoms with E-state index in [9.17, 15) is 0 Å². The molecule has 2 heterocycles. The molecule has 5 rings (SSSR count). The summed E-state index contributed by atoms with van der Waals surface area (Å²) in [5.74, 6) is 1.98. The molecule has 0 aliphatic carbocycles. The van der Waals surface area contributed by atoms with Crippen LogP contribution < -0.4 is 0 Å². The fraction of sp³-hybridized carbons (Fsp3) is 0.0370. The van der Waals surface area contributed by atoms with Gasteiger partial charge in [-0.05, 0) is 36.2 Å². The lowest BCUT2D eigenvalue weighted by atomic mass is 10.0. The average Bonchev–Trinajstić information content (AvgIpc) is 2.85. The predicted molar refractivity (Wildman–Crippen MR) is 124 cm³/mol. The molecule has 0 atom stereocenters. The number of aromatic nitrogens is 4. The first-order valence-electron chi connectivity index (χ1n) is 10.2. The summed E-state index contributed by atoms with van der Waals surface area (Å²) in [5, 5.41) is 0. The first-order valence-corrected chi connectivity index (χ1v) is 10.2. The normalized spacial score (nSPS) is 10.7. The molecule has 0 N–H and O–H groups in total. The van der Waals surface area contributed by atoms with Crippen LogP contribution in [0, 0.1) is 6.92 Å². The second-order valence-corrected chi connectivity index (χ2v) is 7.37. The zero-order valence-corrected chi connectivity index (χ0v) is 17.1. The highest BCUT2D eigenvalue weighted by Crippen LogP contribution is 2.29. The molecule has 0 saturated carbocycles. The van der Waals surface area contributed by atoms with E-state index in [0.29, 0.717) is 17.5 Å². The maximum Gasteiger partial charge on any atom is 0.164 e. The maximum atomic E-state index is 4.84. The molecule has 0 saturated heterocycles. The van der Waals surface area contributed by atoms with Gasteiger partial charge in [-0.2, -0.15) is 0 Å². The summed E-state index contributed by atoms with van der Waals surface area (Å²) in [5.41, 5.74) is 6.17. The number of hydrogen-bond donors (Lipinski definition) is 0. The van der Waals surface area contributed by atoms with Crippen LogP contribution in [-0.4, -0.2) is 19.9 Å². The Balaban J connectivity index is 1.70. The average molecular weight is 400 g/mol. The Kier molecular flexibility index (Phi) is 5.03. The predicted octanol–water partition coefficient (Wildman–Crippen LogP) is 6.24. The molecule has 0 bridgehead atoms. The monoisotopic (exact) mass is 400 g/mol. The van der Waals surface area contributed by atoms with Crippen molar-refractivity contribution >= 4 is 0 Å². The van der Waals surface area contributed by atoms with E-state index >= 15 is 0 Å². The van der Waals surface area contributed by atoms with Crippen LogP contribution in [0.5, 0.6) is 0 Å². The molecule has 3 aromatic carbocycles. The van der Waals surface area contributed by atoms with Crippen molar-refractivity contribution in [3.05, 3.63) is 109 Å². The minimum absolute atomic E-state index is 0.654. The summed E-state index contributed by atoms with van der Waals surface area (Å²) < 4.78 is 0. The van der Waals surface area contributed by atoms with Crippen molar-refractivity contribution in [3.8, 4) is 45.3 Å². The lowest BCUT2D eigenvalue weighted by molar-refractivity contribution is 1.07. The van der Waals surface area contributed by atoms with Crippen molar-refractivity contribution in [2.45, 2.75) is 6.92 Å². The van der Waals surface area contributed by atoms with Crippen LogP contribution in [0.2, 0.25) is 0 Å². The highest BCUT2D eigenvalue weighted by molar-refractivity contribution is 5.73. The van der Waals surface area contributed by atoms with Gasteiger partial charge in [0.2, 0.25) is 0 Å². The standard InChI is InChI=1S/C27H20N4/c1-19-15-23(22-13-8-14-28-18-22)17-24(16-19)27-30-25(20-9-4-2-5-10-20)29-26(31-27)21-11-6-3-7-12-21/h2-18H,1H3. The van der Waals surface area contributed by atoms with E-state index in [2.05, 4.69) is 36.2 Å². The molecule has 0 aliphatic heterocycles. The second kappa shape index (κ2) is 8.28. The molecule has 0 unspecified atom stereocenters. The minimum atomic E-state index is 0.654. The molecule has 4 nitrogen and oxygen atoms in total. The third-order valence-electron chi connectivity index (χ3n) is 5.03. The van der Waals surface area contributed by atoms with Gasteiger partial charge in [-0.25, -0.2) is 15.0 Å². The van der Waals surface area contributed by atoms with Gasteiger partial charge in [0.25, 0.3) is 0 Å². The highest BCUT2D eigenvalue weighted by Gasteiger charge is 2.13. The Morgan fingerprint density at radius 2 is 1.00 bits per heavy atom. The number of hydrogen-bond acceptors (Lipinski definition) is 4. The summed E-state index contributed by atoms with van der Waals surface area (Å²) in [6.45, 7) is 2.08. The van der Waals surface area contributed by atoms with E-state index < -0.39 is 0 Å². The van der Waals surface area contributed by atoms with Gasteiger partial charge < -0.3 is 0 Å². The lowest BCUT2D eigenvalue weighted by Crippen LogP contribution is -2.00. The molecule has 0 fully saturated rings. The van der Waals surface area contributed by atoms with Crippen LogP contribution in [0.3, 0.4) is 0 Å². The molecule has 0 spiro atoms. The molecule has 5 aromatic rings. The first kappa shape index (κ1) is 18.8. The largest absolute Gasteiger partial charge is 0.264 e. The summed E-state index contributed by atoms with van der Waals surface area (Å²) in [6.07, 6.45) is 3.65. The summed E-state index contributed by atoms with van der Waals surface area (Å²) in [4.78, 5) is 18.7.